The molecule has 0 saturated heterocycles. The third-order valence-electron chi connectivity index (χ3n) is 1.82. The summed E-state index contributed by atoms with van der Waals surface area (Å²) in [6.45, 7) is 7.26. The quantitative estimate of drug-likeness (QED) is 0.564. The Morgan fingerprint density at radius 1 is 1.24 bits per heavy atom. The highest BCUT2D eigenvalue weighted by molar-refractivity contribution is 7.59. The van der Waals surface area contributed by atoms with Gasteiger partial charge >= 0.3 is 7.60 Å². The van der Waals surface area contributed by atoms with E-state index >= 15 is 0 Å². The van der Waals surface area contributed by atoms with Crippen LogP contribution >= 0.6 is 7.60 Å². The second kappa shape index (κ2) is 6.21. The summed E-state index contributed by atoms with van der Waals surface area (Å²) < 4.78 is 23.0. The molecule has 0 bridgehead atoms. The van der Waals surface area contributed by atoms with Crippen LogP contribution in [0.4, 0.5) is 0 Å². The molecule has 1 aliphatic carbocycles. The van der Waals surface area contributed by atoms with Gasteiger partial charge in [-0.2, -0.15) is 0 Å². The highest BCUT2D eigenvalue weighted by Gasteiger charge is 2.25. The van der Waals surface area contributed by atoms with E-state index in [1.54, 1.807) is 0 Å². The zero-order valence-electron chi connectivity index (χ0n) is 10.8. The second-order valence-electron chi connectivity index (χ2n) is 4.37. The molecule has 0 fully saturated rings. The largest absolute Gasteiger partial charge is 0.406 e. The Bertz CT molecular complexity index is 408. The molecule has 0 radical (unpaired) electrons. The Labute approximate surface area is 103 Å². The van der Waals surface area contributed by atoms with Gasteiger partial charge in [-0.15, -0.1) is 0 Å². The van der Waals surface area contributed by atoms with Gasteiger partial charge in [0.2, 0.25) is 0 Å². The Balaban J connectivity index is 2.79. The van der Waals surface area contributed by atoms with Crippen LogP contribution in [0, 0.1) is 11.6 Å². The summed E-state index contributed by atoms with van der Waals surface area (Å²) >= 11 is 0. The minimum absolute atomic E-state index is 0.176. The predicted octanol–water partition coefficient (Wildman–Crippen LogP) is 3.88. The molecule has 1 aliphatic rings. The van der Waals surface area contributed by atoms with Gasteiger partial charge < -0.3 is 0 Å². The van der Waals surface area contributed by atoms with Crippen molar-refractivity contribution in [3.63, 3.8) is 0 Å². The summed E-state index contributed by atoms with van der Waals surface area (Å²) in [5.41, 5.74) is 3.59. The molecule has 0 aliphatic heterocycles. The van der Waals surface area contributed by atoms with Crippen LogP contribution in [0.25, 0.3) is 0 Å². The number of allylic oxidation sites excluding steroid dienone is 4. The Morgan fingerprint density at radius 2 is 1.82 bits per heavy atom. The smallest absolute Gasteiger partial charge is 0.297 e. The van der Waals surface area contributed by atoms with Crippen molar-refractivity contribution in [3.05, 3.63) is 23.8 Å². The van der Waals surface area contributed by atoms with Gasteiger partial charge in [0.1, 0.15) is 0 Å². The lowest BCUT2D eigenvalue weighted by molar-refractivity contribution is 0.151. The monoisotopic (exact) mass is 254 g/mol. The van der Waals surface area contributed by atoms with Crippen LogP contribution in [0.15, 0.2) is 23.8 Å². The van der Waals surface area contributed by atoms with Crippen molar-refractivity contribution in [2.24, 2.45) is 0 Å². The standard InChI is InChI=1S/C13H19O3P/c1-11(2)15-17(14,16-12(3)4)10-9-13-7-5-6-8-13/h5-7,11-12H,8H2,1-4H3. The third kappa shape index (κ3) is 5.37. The van der Waals surface area contributed by atoms with E-state index in [-0.39, 0.29) is 12.2 Å². The minimum atomic E-state index is -3.31. The highest BCUT2D eigenvalue weighted by Crippen LogP contribution is 2.49. The SMILES string of the molecule is CC(C)OP(=O)(C#CC1=CC=CC1)OC(C)C. The molecule has 0 heterocycles. The van der Waals surface area contributed by atoms with E-state index < -0.39 is 7.60 Å². The van der Waals surface area contributed by atoms with Gasteiger partial charge in [0.05, 0.1) is 12.2 Å². The van der Waals surface area contributed by atoms with Gasteiger partial charge in [-0.1, -0.05) is 24.1 Å². The maximum atomic E-state index is 12.3. The van der Waals surface area contributed by atoms with Gasteiger partial charge in [-0.05, 0) is 34.1 Å². The van der Waals surface area contributed by atoms with E-state index in [9.17, 15) is 4.57 Å². The van der Waals surface area contributed by atoms with Crippen molar-refractivity contribution in [1.29, 1.82) is 0 Å². The molecule has 0 amide bonds. The van der Waals surface area contributed by atoms with Crippen molar-refractivity contribution in [2.45, 2.75) is 46.3 Å². The lowest BCUT2D eigenvalue weighted by Gasteiger charge is -2.17. The average molecular weight is 254 g/mol. The first-order valence-electron chi connectivity index (χ1n) is 5.77. The Kier molecular flexibility index (Phi) is 5.21. The highest BCUT2D eigenvalue weighted by atomic mass is 31.2. The first-order valence-corrected chi connectivity index (χ1v) is 7.31. The van der Waals surface area contributed by atoms with Gasteiger partial charge in [-0.25, -0.2) is 4.57 Å². The number of hydrogen-bond donors (Lipinski definition) is 0. The predicted molar refractivity (Wildman–Crippen MR) is 69.7 cm³/mol. The lowest BCUT2D eigenvalue weighted by atomic mass is 10.2. The molecular weight excluding hydrogens is 235 g/mol. The fraction of sp³-hybridized carbons (Fsp3) is 0.538. The van der Waals surface area contributed by atoms with Crippen molar-refractivity contribution in [2.75, 3.05) is 0 Å². The van der Waals surface area contributed by atoms with Crippen LogP contribution in [0.1, 0.15) is 34.1 Å². The van der Waals surface area contributed by atoms with E-state index in [2.05, 4.69) is 11.6 Å². The molecular formula is C13H19O3P. The zero-order chi connectivity index (χ0) is 12.9. The van der Waals surface area contributed by atoms with Crippen LogP contribution in [0.5, 0.6) is 0 Å². The first kappa shape index (κ1) is 14.3. The Hall–Kier alpha value is -0.810. The molecule has 4 heteroatoms. The van der Waals surface area contributed by atoms with Crippen molar-refractivity contribution < 1.29 is 13.6 Å². The summed E-state index contributed by atoms with van der Waals surface area (Å²) in [5.74, 6) is 2.87. The van der Waals surface area contributed by atoms with E-state index in [0.717, 1.165) is 12.0 Å². The fourth-order valence-electron chi connectivity index (χ4n) is 1.31. The summed E-state index contributed by atoms with van der Waals surface area (Å²) in [6, 6.07) is 0. The maximum Gasteiger partial charge on any atom is 0.406 e. The minimum Gasteiger partial charge on any atom is -0.297 e. The van der Waals surface area contributed by atoms with Crippen molar-refractivity contribution in [3.8, 4) is 11.6 Å². The van der Waals surface area contributed by atoms with Gasteiger partial charge in [-0.3, -0.25) is 9.05 Å². The van der Waals surface area contributed by atoms with E-state index in [1.165, 1.54) is 0 Å². The van der Waals surface area contributed by atoms with E-state index in [1.807, 2.05) is 45.9 Å². The van der Waals surface area contributed by atoms with Gasteiger partial charge in [0.15, 0.2) is 0 Å². The van der Waals surface area contributed by atoms with Crippen LogP contribution in [0.2, 0.25) is 0 Å². The molecule has 0 aromatic rings. The molecule has 0 saturated carbocycles. The third-order valence-corrected chi connectivity index (χ3v) is 3.61. The fourth-order valence-corrected chi connectivity index (χ4v) is 2.86. The van der Waals surface area contributed by atoms with Crippen LogP contribution < -0.4 is 0 Å². The molecule has 3 nitrogen and oxygen atoms in total. The average Bonchev–Trinajstić information content (AvgIpc) is 2.64. The molecule has 0 aromatic heterocycles. The maximum absolute atomic E-state index is 12.3. The number of rotatable bonds is 4. The van der Waals surface area contributed by atoms with Gasteiger partial charge in [0, 0.05) is 11.2 Å². The van der Waals surface area contributed by atoms with Gasteiger partial charge in [0.25, 0.3) is 0 Å². The number of hydrogen-bond acceptors (Lipinski definition) is 3. The Morgan fingerprint density at radius 3 is 2.24 bits per heavy atom. The van der Waals surface area contributed by atoms with E-state index in [4.69, 9.17) is 9.05 Å². The summed E-state index contributed by atoms with van der Waals surface area (Å²) in [6.07, 6.45) is 6.27. The first-order chi connectivity index (χ1) is 7.91. The second-order valence-corrected chi connectivity index (χ2v) is 6.01. The molecule has 0 unspecified atom stereocenters. The van der Waals surface area contributed by atoms with Crippen LogP contribution in [-0.4, -0.2) is 12.2 Å². The topological polar surface area (TPSA) is 35.5 Å². The van der Waals surface area contributed by atoms with Crippen molar-refractivity contribution >= 4 is 7.60 Å². The zero-order valence-corrected chi connectivity index (χ0v) is 11.7. The summed E-state index contributed by atoms with van der Waals surface area (Å²) in [4.78, 5) is 0. The summed E-state index contributed by atoms with van der Waals surface area (Å²) in [5, 5.41) is 0. The normalized spacial score (nSPS) is 15.1. The van der Waals surface area contributed by atoms with Crippen LogP contribution in [-0.2, 0) is 13.6 Å². The molecule has 0 aromatic carbocycles. The van der Waals surface area contributed by atoms with E-state index in [0.29, 0.717) is 0 Å². The molecule has 17 heavy (non-hydrogen) atoms. The molecule has 0 spiro atoms. The molecule has 1 rings (SSSR count). The molecule has 0 atom stereocenters. The van der Waals surface area contributed by atoms with Crippen LogP contribution in [0.3, 0.4) is 0 Å². The molecule has 0 N–H and O–H groups in total. The molecule has 94 valence electrons. The van der Waals surface area contributed by atoms with Crippen molar-refractivity contribution in [1.82, 2.24) is 0 Å². The lowest BCUT2D eigenvalue weighted by Crippen LogP contribution is -2.06. The summed E-state index contributed by atoms with van der Waals surface area (Å²) in [7, 11) is -3.31.